The fraction of sp³-hybridized carbons (Fsp3) is 0.441. The molecule has 2 atom stereocenters. The number of likely N-dealkylation sites (tertiary alicyclic amines) is 1. The van der Waals surface area contributed by atoms with Crippen LogP contribution in [0, 0.1) is 0 Å². The molecule has 52 heavy (non-hydrogen) atoms. The van der Waals surface area contributed by atoms with Crippen LogP contribution in [0.1, 0.15) is 60.9 Å². The van der Waals surface area contributed by atoms with Crippen LogP contribution in [0.3, 0.4) is 0 Å². The van der Waals surface area contributed by atoms with Crippen LogP contribution >= 0.6 is 11.6 Å². The molecule has 0 spiro atoms. The Labute approximate surface area is 301 Å². The van der Waals surface area contributed by atoms with Gasteiger partial charge in [-0.3, -0.25) is 14.4 Å². The maximum Gasteiger partial charge on any atom is 0.422 e. The number of nitrogens with zero attached hydrogens (tertiary/aromatic N) is 4. The number of ether oxygens (including phenoxy) is 1. The van der Waals surface area contributed by atoms with Crippen LogP contribution < -0.4 is 26.0 Å². The van der Waals surface area contributed by atoms with Crippen LogP contribution in [0.25, 0.3) is 0 Å². The molecule has 1 aromatic heterocycles. The van der Waals surface area contributed by atoms with Gasteiger partial charge in [-0.05, 0) is 94.1 Å². The quantitative estimate of drug-likeness (QED) is 0.122. The molecule has 278 valence electrons. The molecule has 14 nitrogen and oxygen atoms in total. The molecular weight excluding hydrogens is 709 g/mol. The van der Waals surface area contributed by atoms with Gasteiger partial charge in [0.1, 0.15) is 6.04 Å². The summed E-state index contributed by atoms with van der Waals surface area (Å²) in [4.78, 5) is 63.8. The summed E-state index contributed by atoms with van der Waals surface area (Å²) in [6, 6.07) is 11.1. The summed E-state index contributed by atoms with van der Waals surface area (Å²) in [5.41, 5.74) is 0.738. The number of alkyl halides is 3. The SMILES string of the molecule is CN1CCCC1CCNC(=O)C(=O)CC[C@H](NC(=O)c1ccc(Nc2nc(NC3(c4ccc(Cl)cc4)CC3)nc(OCC(F)(F)F)n2)cc1)C(=O)O. The molecule has 5 rings (SSSR count). The summed E-state index contributed by atoms with van der Waals surface area (Å²) in [6.07, 6.45) is -1.10. The predicted octanol–water partition coefficient (Wildman–Crippen LogP) is 4.44. The number of rotatable bonds is 17. The Morgan fingerprint density at radius 3 is 2.35 bits per heavy atom. The Bertz CT molecular complexity index is 1760. The predicted molar refractivity (Wildman–Crippen MR) is 183 cm³/mol. The van der Waals surface area contributed by atoms with E-state index >= 15 is 0 Å². The van der Waals surface area contributed by atoms with Crippen LogP contribution in [0.2, 0.25) is 5.02 Å². The number of hydrogen-bond acceptors (Lipinski definition) is 11. The molecule has 3 aromatic rings. The lowest BCUT2D eigenvalue weighted by atomic mass is 10.1. The molecule has 2 aromatic carbocycles. The number of carboxylic acid groups (broad SMARTS) is 1. The Hall–Kier alpha value is -5.03. The molecule has 2 amide bonds. The maximum absolute atomic E-state index is 12.9. The lowest BCUT2D eigenvalue weighted by Gasteiger charge is -2.19. The van der Waals surface area contributed by atoms with E-state index in [0.717, 1.165) is 24.9 Å². The van der Waals surface area contributed by atoms with Crippen molar-refractivity contribution in [3.8, 4) is 6.01 Å². The molecule has 18 heteroatoms. The minimum atomic E-state index is -4.64. The van der Waals surface area contributed by atoms with Gasteiger partial charge in [0.05, 0.1) is 5.54 Å². The van der Waals surface area contributed by atoms with Crippen molar-refractivity contribution in [3.63, 3.8) is 0 Å². The third-order valence-electron chi connectivity index (χ3n) is 8.83. The number of anilines is 3. The lowest BCUT2D eigenvalue weighted by molar-refractivity contribution is -0.154. The first-order chi connectivity index (χ1) is 24.7. The van der Waals surface area contributed by atoms with Crippen LogP contribution in [-0.4, -0.2) is 93.5 Å². The zero-order valence-electron chi connectivity index (χ0n) is 28.1. The average molecular weight is 747 g/mol. The van der Waals surface area contributed by atoms with E-state index < -0.39 is 53.9 Å². The summed E-state index contributed by atoms with van der Waals surface area (Å²) in [5, 5.41) is 21.2. The number of hydrogen-bond donors (Lipinski definition) is 5. The molecule has 0 radical (unpaired) electrons. The molecule has 1 saturated carbocycles. The second kappa shape index (κ2) is 16.5. The Balaban J connectivity index is 1.18. The van der Waals surface area contributed by atoms with E-state index in [1.165, 1.54) is 24.3 Å². The maximum atomic E-state index is 12.9. The number of aliphatic carboxylic acids is 1. The fourth-order valence-electron chi connectivity index (χ4n) is 5.79. The number of halogens is 4. The summed E-state index contributed by atoms with van der Waals surface area (Å²) >= 11 is 6.02. The van der Waals surface area contributed by atoms with E-state index in [2.05, 4.69) is 41.1 Å². The van der Waals surface area contributed by atoms with Crippen molar-refractivity contribution < 1.29 is 42.2 Å². The summed E-state index contributed by atoms with van der Waals surface area (Å²) in [7, 11) is 2.01. The van der Waals surface area contributed by atoms with Crippen molar-refractivity contribution in [2.24, 2.45) is 0 Å². The molecule has 1 aliphatic carbocycles. The van der Waals surface area contributed by atoms with Crippen LogP contribution in [-0.2, 0) is 19.9 Å². The van der Waals surface area contributed by atoms with Gasteiger partial charge in [0.15, 0.2) is 6.61 Å². The molecular formula is C34H38ClF3N8O6. The zero-order valence-corrected chi connectivity index (χ0v) is 28.9. The highest BCUT2D eigenvalue weighted by Gasteiger charge is 2.45. The van der Waals surface area contributed by atoms with Gasteiger partial charge >= 0.3 is 18.2 Å². The Kier molecular flexibility index (Phi) is 12.2. The van der Waals surface area contributed by atoms with Gasteiger partial charge in [-0.2, -0.15) is 28.1 Å². The Morgan fingerprint density at radius 2 is 1.73 bits per heavy atom. The van der Waals surface area contributed by atoms with Gasteiger partial charge < -0.3 is 36.0 Å². The Morgan fingerprint density at radius 1 is 1.04 bits per heavy atom. The highest BCUT2D eigenvalue weighted by molar-refractivity contribution is 6.36. The average Bonchev–Trinajstić information content (AvgIpc) is 3.76. The second-order valence-electron chi connectivity index (χ2n) is 12.7. The molecule has 1 aliphatic heterocycles. The first-order valence-corrected chi connectivity index (χ1v) is 17.0. The molecule has 2 heterocycles. The topological polar surface area (TPSA) is 188 Å². The highest BCUT2D eigenvalue weighted by Crippen LogP contribution is 2.48. The first kappa shape index (κ1) is 38.2. The third kappa shape index (κ3) is 10.7. The molecule has 0 bridgehead atoms. The van der Waals surface area contributed by atoms with Gasteiger partial charge in [-0.1, -0.05) is 23.7 Å². The number of aromatic nitrogens is 3. The van der Waals surface area contributed by atoms with Gasteiger partial charge in [-0.25, -0.2) is 4.79 Å². The number of amides is 2. The number of Topliss-reactive ketones (excluding diaryl/α,β-unsaturated/α-hetero) is 1. The van der Waals surface area contributed by atoms with Crippen LogP contribution in [0.4, 0.5) is 30.8 Å². The molecule has 2 fully saturated rings. The highest BCUT2D eigenvalue weighted by atomic mass is 35.5. The van der Waals surface area contributed by atoms with Crippen molar-refractivity contribution in [1.29, 1.82) is 0 Å². The van der Waals surface area contributed by atoms with E-state index in [9.17, 15) is 37.5 Å². The minimum Gasteiger partial charge on any atom is -0.480 e. The smallest absolute Gasteiger partial charge is 0.422 e. The van der Waals surface area contributed by atoms with Crippen LogP contribution in [0.15, 0.2) is 48.5 Å². The van der Waals surface area contributed by atoms with E-state index in [-0.39, 0.29) is 30.3 Å². The monoisotopic (exact) mass is 746 g/mol. The normalized spacial score (nSPS) is 17.1. The largest absolute Gasteiger partial charge is 0.480 e. The van der Waals surface area contributed by atoms with Crippen molar-refractivity contribution in [2.45, 2.75) is 68.7 Å². The number of nitrogens with one attached hydrogen (secondary N) is 4. The zero-order chi connectivity index (χ0) is 37.5. The van der Waals surface area contributed by atoms with Crippen LogP contribution in [0.5, 0.6) is 6.01 Å². The fourth-order valence-corrected chi connectivity index (χ4v) is 5.92. The number of carboxylic acids is 1. The minimum absolute atomic E-state index is 0.0364. The number of carbonyl (C=O) groups is 4. The second-order valence-corrected chi connectivity index (χ2v) is 13.2. The van der Waals surface area contributed by atoms with Crippen molar-refractivity contribution in [2.75, 3.05) is 37.4 Å². The van der Waals surface area contributed by atoms with Gasteiger partial charge in [0.25, 0.3) is 11.8 Å². The van der Waals surface area contributed by atoms with E-state index in [1.807, 2.05) is 19.2 Å². The summed E-state index contributed by atoms with van der Waals surface area (Å²) in [6.45, 7) is -0.312. The third-order valence-corrected chi connectivity index (χ3v) is 9.08. The van der Waals surface area contributed by atoms with Crippen molar-refractivity contribution >= 4 is 52.8 Å². The lowest BCUT2D eigenvalue weighted by Crippen LogP contribution is -2.42. The number of benzene rings is 2. The van der Waals surface area contributed by atoms with E-state index in [1.54, 1.807) is 12.1 Å². The van der Waals surface area contributed by atoms with E-state index in [4.69, 9.17) is 16.3 Å². The molecule has 1 saturated heterocycles. The number of carbonyl (C=O) groups excluding carboxylic acids is 3. The summed E-state index contributed by atoms with van der Waals surface area (Å²) in [5.74, 6) is -3.89. The molecule has 5 N–H and O–H groups in total. The number of ketones is 1. The summed E-state index contributed by atoms with van der Waals surface area (Å²) < 4.78 is 43.6. The van der Waals surface area contributed by atoms with Gasteiger partial charge in [0, 0.05) is 35.3 Å². The van der Waals surface area contributed by atoms with Gasteiger partial charge in [-0.15, -0.1) is 0 Å². The van der Waals surface area contributed by atoms with Crippen molar-refractivity contribution in [1.82, 2.24) is 30.5 Å². The van der Waals surface area contributed by atoms with E-state index in [0.29, 0.717) is 42.6 Å². The molecule has 2 aliphatic rings. The standard InChI is InChI=1S/C34H38ClF3N8O6/c1-46-18-2-3-24(46)14-17-39-28(49)26(47)13-12-25(29(50)51)41-27(48)20-4-10-23(11-5-20)40-30-42-31(44-32(43-30)52-19-34(36,37)38)45-33(15-16-33)21-6-8-22(35)9-7-21/h4-11,24-25H,2-3,12-19H2,1H3,(H,39,49)(H,41,48)(H,50,51)(H2,40,42,43,44,45)/t24?,25-/m0/s1. The van der Waals surface area contributed by atoms with Gasteiger partial charge in [0.2, 0.25) is 17.7 Å². The molecule has 1 unspecified atom stereocenters. The van der Waals surface area contributed by atoms with Crippen molar-refractivity contribution in [3.05, 3.63) is 64.7 Å². The first-order valence-electron chi connectivity index (χ1n) is 16.6.